The Morgan fingerprint density at radius 3 is 2.72 bits per heavy atom. The predicted octanol–water partition coefficient (Wildman–Crippen LogP) is 1.50. The summed E-state index contributed by atoms with van der Waals surface area (Å²) in [5.74, 6) is 3.71. The van der Waals surface area contributed by atoms with Gasteiger partial charge in [0.05, 0.1) is 12.2 Å². The molecule has 0 fully saturated rings. The molecule has 0 saturated heterocycles. The number of hydrogen-bond acceptors (Lipinski definition) is 4. The molecule has 2 rings (SSSR count). The van der Waals surface area contributed by atoms with Crippen molar-refractivity contribution in [2.24, 2.45) is 5.84 Å². The first-order valence-corrected chi connectivity index (χ1v) is 5.38. The van der Waals surface area contributed by atoms with Crippen LogP contribution in [-0.2, 0) is 6.42 Å². The summed E-state index contributed by atoms with van der Waals surface area (Å²) < 4.78 is 26.6. The van der Waals surface area contributed by atoms with E-state index in [9.17, 15) is 8.78 Å². The number of nitrogens with zero attached hydrogens (tertiary/aromatic N) is 2. The molecule has 4 nitrogen and oxygen atoms in total. The normalized spacial score (nSPS) is 12.4. The molecular formula is C12H12F2N4. The topological polar surface area (TPSA) is 63.8 Å². The number of hydrazine groups is 1. The van der Waals surface area contributed by atoms with E-state index in [2.05, 4.69) is 15.6 Å². The maximum atomic E-state index is 13.5. The molecule has 18 heavy (non-hydrogen) atoms. The van der Waals surface area contributed by atoms with Gasteiger partial charge in [0.1, 0.15) is 0 Å². The number of nitrogens with one attached hydrogen (secondary N) is 1. The molecule has 6 heteroatoms. The zero-order valence-corrected chi connectivity index (χ0v) is 9.48. The molecule has 0 amide bonds. The van der Waals surface area contributed by atoms with E-state index in [4.69, 9.17) is 5.84 Å². The molecule has 0 bridgehead atoms. The Kier molecular flexibility index (Phi) is 3.91. The van der Waals surface area contributed by atoms with Gasteiger partial charge in [-0.05, 0) is 29.7 Å². The maximum Gasteiger partial charge on any atom is 0.162 e. The Hall–Kier alpha value is -1.92. The molecule has 0 spiro atoms. The third kappa shape index (κ3) is 2.66. The molecule has 2 aromatic rings. The second kappa shape index (κ2) is 5.61. The van der Waals surface area contributed by atoms with Crippen molar-refractivity contribution in [3.05, 3.63) is 59.4 Å². The first-order chi connectivity index (χ1) is 8.72. The average Bonchev–Trinajstić information content (AvgIpc) is 2.41. The summed E-state index contributed by atoms with van der Waals surface area (Å²) in [6.45, 7) is 0. The van der Waals surface area contributed by atoms with Gasteiger partial charge < -0.3 is 0 Å². The van der Waals surface area contributed by atoms with Crippen LogP contribution in [0.2, 0.25) is 0 Å². The van der Waals surface area contributed by atoms with Crippen molar-refractivity contribution in [3.63, 3.8) is 0 Å². The summed E-state index contributed by atoms with van der Waals surface area (Å²) >= 11 is 0. The van der Waals surface area contributed by atoms with E-state index in [0.29, 0.717) is 0 Å². The largest absolute Gasteiger partial charge is 0.271 e. The highest BCUT2D eigenvalue weighted by molar-refractivity contribution is 5.23. The molecule has 94 valence electrons. The van der Waals surface area contributed by atoms with E-state index in [1.807, 2.05) is 0 Å². The quantitative estimate of drug-likeness (QED) is 0.637. The van der Waals surface area contributed by atoms with Crippen LogP contribution in [0.15, 0.2) is 36.7 Å². The lowest BCUT2D eigenvalue weighted by Gasteiger charge is -2.16. The van der Waals surface area contributed by atoms with Gasteiger partial charge >= 0.3 is 0 Å². The van der Waals surface area contributed by atoms with Gasteiger partial charge in [-0.15, -0.1) is 0 Å². The van der Waals surface area contributed by atoms with E-state index in [1.54, 1.807) is 6.07 Å². The van der Waals surface area contributed by atoms with E-state index < -0.39 is 11.6 Å². The lowest BCUT2D eigenvalue weighted by molar-refractivity contribution is 0.480. The van der Waals surface area contributed by atoms with Crippen molar-refractivity contribution in [2.45, 2.75) is 12.5 Å². The second-order valence-corrected chi connectivity index (χ2v) is 3.81. The summed E-state index contributed by atoms with van der Waals surface area (Å²) in [7, 11) is 0. The molecule has 3 N–H and O–H groups in total. The van der Waals surface area contributed by atoms with Gasteiger partial charge in [0, 0.05) is 6.20 Å². The van der Waals surface area contributed by atoms with Gasteiger partial charge in [-0.2, -0.15) is 10.2 Å². The molecule has 1 heterocycles. The average molecular weight is 250 g/mol. The van der Waals surface area contributed by atoms with Crippen molar-refractivity contribution in [3.8, 4) is 0 Å². The van der Waals surface area contributed by atoms with Crippen LogP contribution in [0.4, 0.5) is 8.78 Å². The van der Waals surface area contributed by atoms with Gasteiger partial charge in [0.2, 0.25) is 0 Å². The van der Waals surface area contributed by atoms with Gasteiger partial charge in [0.25, 0.3) is 0 Å². The summed E-state index contributed by atoms with van der Waals surface area (Å²) in [6, 6.07) is 5.44. The fourth-order valence-electron chi connectivity index (χ4n) is 1.71. The predicted molar refractivity (Wildman–Crippen MR) is 62.2 cm³/mol. The van der Waals surface area contributed by atoms with Gasteiger partial charge in [0.15, 0.2) is 11.6 Å². The maximum absolute atomic E-state index is 13.5. The molecule has 1 aromatic heterocycles. The summed E-state index contributed by atoms with van der Waals surface area (Å²) in [6.07, 6.45) is 3.27. The minimum Gasteiger partial charge on any atom is -0.271 e. The number of halogens is 2. The van der Waals surface area contributed by atoms with Gasteiger partial charge in [-0.1, -0.05) is 12.1 Å². The van der Waals surface area contributed by atoms with Crippen LogP contribution in [-0.4, -0.2) is 10.2 Å². The van der Waals surface area contributed by atoms with Crippen LogP contribution in [0.1, 0.15) is 17.2 Å². The van der Waals surface area contributed by atoms with Crippen molar-refractivity contribution in [1.82, 2.24) is 15.6 Å². The van der Waals surface area contributed by atoms with Crippen molar-refractivity contribution >= 4 is 0 Å². The second-order valence-electron chi connectivity index (χ2n) is 3.81. The van der Waals surface area contributed by atoms with E-state index in [1.165, 1.54) is 24.5 Å². The lowest BCUT2D eigenvalue weighted by atomic mass is 10.0. The van der Waals surface area contributed by atoms with Crippen molar-refractivity contribution in [2.75, 3.05) is 0 Å². The number of nitrogens with two attached hydrogens (primary N) is 1. The standard InChI is InChI=1S/C12H12F2N4/c13-10-3-1-2-8(12(10)14)6-11(18-15)9-4-5-16-17-7-9/h1-5,7,11,18H,6,15H2. The Morgan fingerprint density at radius 2 is 2.06 bits per heavy atom. The fourth-order valence-corrected chi connectivity index (χ4v) is 1.71. The number of hydrogen-bond donors (Lipinski definition) is 2. The van der Waals surface area contributed by atoms with Crippen LogP contribution in [0.5, 0.6) is 0 Å². The first-order valence-electron chi connectivity index (χ1n) is 5.38. The van der Waals surface area contributed by atoms with Crippen molar-refractivity contribution in [1.29, 1.82) is 0 Å². The molecular weight excluding hydrogens is 238 g/mol. The Morgan fingerprint density at radius 1 is 1.22 bits per heavy atom. The van der Waals surface area contributed by atoms with E-state index >= 15 is 0 Å². The number of aromatic nitrogens is 2. The molecule has 0 aliphatic rings. The molecule has 1 aromatic carbocycles. The zero-order chi connectivity index (χ0) is 13.0. The smallest absolute Gasteiger partial charge is 0.162 e. The van der Waals surface area contributed by atoms with Crippen LogP contribution in [0.25, 0.3) is 0 Å². The number of benzene rings is 1. The Balaban J connectivity index is 2.24. The monoisotopic (exact) mass is 250 g/mol. The summed E-state index contributed by atoms with van der Waals surface area (Å²) in [5, 5.41) is 7.37. The zero-order valence-electron chi connectivity index (χ0n) is 9.48. The molecule has 1 unspecified atom stereocenters. The highest BCUT2D eigenvalue weighted by atomic mass is 19.2. The fraction of sp³-hybridized carbons (Fsp3) is 0.167. The lowest BCUT2D eigenvalue weighted by Crippen LogP contribution is -2.30. The minimum atomic E-state index is -0.865. The van der Waals surface area contributed by atoms with Crippen LogP contribution >= 0.6 is 0 Å². The number of rotatable bonds is 4. The third-order valence-electron chi connectivity index (χ3n) is 2.67. The summed E-state index contributed by atoms with van der Waals surface area (Å²) in [5.41, 5.74) is 3.58. The third-order valence-corrected chi connectivity index (χ3v) is 2.67. The van der Waals surface area contributed by atoms with Crippen LogP contribution < -0.4 is 11.3 Å². The first kappa shape index (κ1) is 12.5. The molecule has 0 saturated carbocycles. The SMILES string of the molecule is NNC(Cc1cccc(F)c1F)c1ccnnc1. The molecule has 0 radical (unpaired) electrons. The van der Waals surface area contributed by atoms with Crippen LogP contribution in [0.3, 0.4) is 0 Å². The highest BCUT2D eigenvalue weighted by Gasteiger charge is 2.15. The van der Waals surface area contributed by atoms with E-state index in [0.717, 1.165) is 11.6 Å². The molecule has 1 atom stereocenters. The Labute approximate surface area is 103 Å². The summed E-state index contributed by atoms with van der Waals surface area (Å²) in [4.78, 5) is 0. The van der Waals surface area contributed by atoms with E-state index in [-0.39, 0.29) is 18.0 Å². The van der Waals surface area contributed by atoms with Gasteiger partial charge in [-0.3, -0.25) is 11.3 Å². The Bertz CT molecular complexity index is 519. The minimum absolute atomic E-state index is 0.228. The van der Waals surface area contributed by atoms with Crippen molar-refractivity contribution < 1.29 is 8.78 Å². The molecule has 0 aliphatic heterocycles. The van der Waals surface area contributed by atoms with Crippen LogP contribution in [0, 0.1) is 11.6 Å². The van der Waals surface area contributed by atoms with Gasteiger partial charge in [-0.25, -0.2) is 8.78 Å². The highest BCUT2D eigenvalue weighted by Crippen LogP contribution is 2.19. The molecule has 0 aliphatic carbocycles.